The number of rotatable bonds is 8. The number of nitro benzene ring substituents is 1. The van der Waals surface area contributed by atoms with Crippen LogP contribution < -0.4 is 10.5 Å². The van der Waals surface area contributed by atoms with E-state index in [0.717, 1.165) is 44.1 Å². The molecule has 148 valence electrons. The smallest absolute Gasteiger partial charge is 0.295 e. The highest BCUT2D eigenvalue weighted by molar-refractivity contribution is 5.64. The third kappa shape index (κ3) is 6.74. The average Bonchev–Trinajstić information content (AvgIpc) is 2.62. The number of nitro groups is 1. The number of nitrogens with two attached hydrogens (primary N) is 1. The van der Waals surface area contributed by atoms with Gasteiger partial charge in [-0.1, -0.05) is 29.7 Å². The summed E-state index contributed by atoms with van der Waals surface area (Å²) >= 11 is 0. The predicted molar refractivity (Wildman–Crippen MR) is 111 cm³/mol. The summed E-state index contributed by atoms with van der Waals surface area (Å²) in [5.74, 6) is 0.608. The molecule has 0 radical (unpaired) electrons. The first-order chi connectivity index (χ1) is 12.9. The largest absolute Gasteiger partial charge is 0.490 e. The van der Waals surface area contributed by atoms with Gasteiger partial charge in [-0.25, -0.2) is 0 Å². The molecule has 2 N–H and O–H groups in total. The van der Waals surface area contributed by atoms with Crippen LogP contribution in [-0.4, -0.2) is 11.0 Å². The first kappa shape index (κ1) is 21.0. The number of benzene rings is 1. The molecule has 27 heavy (non-hydrogen) atoms. The van der Waals surface area contributed by atoms with Gasteiger partial charge in [0.1, 0.15) is 11.4 Å². The quantitative estimate of drug-likeness (QED) is 0.258. The van der Waals surface area contributed by atoms with Crippen molar-refractivity contribution in [2.45, 2.75) is 78.2 Å². The monoisotopic (exact) mass is 372 g/mol. The Bertz CT molecular complexity index is 713. The van der Waals surface area contributed by atoms with Crippen molar-refractivity contribution in [3.05, 3.63) is 51.1 Å². The lowest BCUT2D eigenvalue weighted by molar-refractivity contribution is -0.384. The fourth-order valence-electron chi connectivity index (χ4n) is 3.40. The standard InChI is InChI=1S/C22H32N2O3/c1-16(2)8-7-9-17(3)12-13-18-14-20(23)21(24(25)26)15-22(18)27-19-10-5-4-6-11-19/h8,12,14-15,19H,4-7,9-11,13,23H2,1-3H3/b17-12+. The highest BCUT2D eigenvalue weighted by Gasteiger charge is 2.21. The van der Waals surface area contributed by atoms with Crippen molar-refractivity contribution in [3.63, 3.8) is 0 Å². The van der Waals surface area contributed by atoms with E-state index in [1.54, 1.807) is 6.07 Å². The van der Waals surface area contributed by atoms with Gasteiger partial charge in [0.15, 0.2) is 0 Å². The summed E-state index contributed by atoms with van der Waals surface area (Å²) in [4.78, 5) is 10.8. The second kappa shape index (κ2) is 10.1. The summed E-state index contributed by atoms with van der Waals surface area (Å²) in [5, 5.41) is 11.3. The van der Waals surface area contributed by atoms with Crippen molar-refractivity contribution in [1.29, 1.82) is 0 Å². The molecular formula is C22H32N2O3. The van der Waals surface area contributed by atoms with E-state index in [1.807, 2.05) is 0 Å². The molecule has 5 nitrogen and oxygen atoms in total. The van der Waals surface area contributed by atoms with Crippen LogP contribution in [-0.2, 0) is 6.42 Å². The Labute approximate surface area is 162 Å². The second-order valence-corrected chi connectivity index (χ2v) is 7.73. The predicted octanol–water partition coefficient (Wildman–Crippen LogP) is 6.12. The Morgan fingerprint density at radius 2 is 1.93 bits per heavy atom. The number of nitrogens with zero attached hydrogens (tertiary/aromatic N) is 1. The third-order valence-corrected chi connectivity index (χ3v) is 5.01. The topological polar surface area (TPSA) is 78.4 Å². The van der Waals surface area contributed by atoms with Crippen molar-refractivity contribution in [2.75, 3.05) is 5.73 Å². The molecule has 0 amide bonds. The SMILES string of the molecule is CC(C)=CCC/C(C)=C/Cc1cc(N)c([N+](=O)[O-])cc1OC1CCCCC1. The van der Waals surface area contributed by atoms with Gasteiger partial charge in [0.05, 0.1) is 17.1 Å². The lowest BCUT2D eigenvalue weighted by Crippen LogP contribution is -2.20. The minimum Gasteiger partial charge on any atom is -0.490 e. The number of ether oxygens (including phenoxy) is 1. The van der Waals surface area contributed by atoms with E-state index in [0.29, 0.717) is 12.2 Å². The molecule has 5 heteroatoms. The lowest BCUT2D eigenvalue weighted by Gasteiger charge is -2.24. The molecule has 0 bridgehead atoms. The van der Waals surface area contributed by atoms with E-state index in [-0.39, 0.29) is 17.5 Å². The molecule has 1 saturated carbocycles. The summed E-state index contributed by atoms with van der Waals surface area (Å²) in [6.45, 7) is 6.33. The molecule has 0 aromatic heterocycles. The van der Waals surface area contributed by atoms with Crippen LogP contribution in [0.2, 0.25) is 0 Å². The van der Waals surface area contributed by atoms with E-state index in [2.05, 4.69) is 32.9 Å². The van der Waals surface area contributed by atoms with Gasteiger partial charge in [0.2, 0.25) is 0 Å². The molecule has 1 fully saturated rings. The van der Waals surface area contributed by atoms with Crippen LogP contribution in [0.25, 0.3) is 0 Å². The van der Waals surface area contributed by atoms with Gasteiger partial charge >= 0.3 is 0 Å². The highest BCUT2D eigenvalue weighted by Crippen LogP contribution is 2.34. The number of hydrogen-bond acceptors (Lipinski definition) is 4. The Morgan fingerprint density at radius 3 is 2.56 bits per heavy atom. The molecule has 0 aliphatic heterocycles. The average molecular weight is 373 g/mol. The van der Waals surface area contributed by atoms with Gasteiger partial charge in [-0.15, -0.1) is 0 Å². The summed E-state index contributed by atoms with van der Waals surface area (Å²) in [6, 6.07) is 3.21. The Hall–Kier alpha value is -2.30. The number of allylic oxidation sites excluding steroid dienone is 4. The third-order valence-electron chi connectivity index (χ3n) is 5.01. The first-order valence-corrected chi connectivity index (χ1v) is 9.89. The first-order valence-electron chi connectivity index (χ1n) is 9.89. The zero-order valence-electron chi connectivity index (χ0n) is 16.8. The second-order valence-electron chi connectivity index (χ2n) is 7.73. The van der Waals surface area contributed by atoms with Crippen molar-refractivity contribution in [1.82, 2.24) is 0 Å². The Morgan fingerprint density at radius 1 is 1.22 bits per heavy atom. The van der Waals surface area contributed by atoms with E-state index in [1.165, 1.54) is 23.6 Å². The van der Waals surface area contributed by atoms with Crippen molar-refractivity contribution >= 4 is 11.4 Å². The van der Waals surface area contributed by atoms with Gasteiger partial charge in [-0.2, -0.15) is 0 Å². The van der Waals surface area contributed by atoms with Crippen LogP contribution in [0.1, 0.15) is 71.3 Å². The van der Waals surface area contributed by atoms with E-state index < -0.39 is 4.92 Å². The van der Waals surface area contributed by atoms with Gasteiger partial charge in [0, 0.05) is 5.56 Å². The molecular weight excluding hydrogens is 340 g/mol. The summed E-state index contributed by atoms with van der Waals surface area (Å²) in [7, 11) is 0. The van der Waals surface area contributed by atoms with Crippen molar-refractivity contribution in [2.24, 2.45) is 0 Å². The zero-order chi connectivity index (χ0) is 19.8. The van der Waals surface area contributed by atoms with Gasteiger partial charge < -0.3 is 10.5 Å². The van der Waals surface area contributed by atoms with Crippen LogP contribution in [0.4, 0.5) is 11.4 Å². The maximum Gasteiger partial charge on any atom is 0.295 e. The number of nitrogen functional groups attached to an aromatic ring is 1. The summed E-state index contributed by atoms with van der Waals surface area (Å²) in [6.07, 6.45) is 12.8. The number of hydrogen-bond donors (Lipinski definition) is 1. The molecule has 1 aliphatic rings. The highest BCUT2D eigenvalue weighted by atomic mass is 16.6. The Balaban J connectivity index is 2.18. The minimum atomic E-state index is -0.437. The molecule has 0 unspecified atom stereocenters. The van der Waals surface area contributed by atoms with E-state index >= 15 is 0 Å². The van der Waals surface area contributed by atoms with Crippen molar-refractivity contribution in [3.8, 4) is 5.75 Å². The fraction of sp³-hybridized carbons (Fsp3) is 0.545. The van der Waals surface area contributed by atoms with Gasteiger partial charge in [0.25, 0.3) is 5.69 Å². The molecule has 1 aromatic carbocycles. The molecule has 0 saturated heterocycles. The van der Waals surface area contributed by atoms with E-state index in [4.69, 9.17) is 10.5 Å². The molecule has 1 aromatic rings. The van der Waals surface area contributed by atoms with Gasteiger partial charge in [-0.05, 0) is 71.8 Å². The summed E-state index contributed by atoms with van der Waals surface area (Å²) < 4.78 is 6.18. The lowest BCUT2D eigenvalue weighted by atomic mass is 9.97. The Kier molecular flexibility index (Phi) is 7.89. The number of anilines is 1. The normalized spacial score (nSPS) is 15.4. The van der Waals surface area contributed by atoms with Crippen LogP contribution in [0.5, 0.6) is 5.75 Å². The maximum atomic E-state index is 11.3. The van der Waals surface area contributed by atoms with Crippen LogP contribution in [0.3, 0.4) is 0 Å². The zero-order valence-corrected chi connectivity index (χ0v) is 16.8. The van der Waals surface area contributed by atoms with Gasteiger partial charge in [-0.3, -0.25) is 10.1 Å². The molecule has 0 heterocycles. The van der Waals surface area contributed by atoms with Crippen molar-refractivity contribution < 1.29 is 9.66 Å². The molecule has 0 atom stereocenters. The maximum absolute atomic E-state index is 11.3. The minimum absolute atomic E-state index is 0.0752. The fourth-order valence-corrected chi connectivity index (χ4v) is 3.40. The summed E-state index contributed by atoms with van der Waals surface area (Å²) in [5.41, 5.74) is 9.59. The molecule has 0 spiro atoms. The van der Waals surface area contributed by atoms with Crippen LogP contribution in [0, 0.1) is 10.1 Å². The van der Waals surface area contributed by atoms with Crippen LogP contribution >= 0.6 is 0 Å². The van der Waals surface area contributed by atoms with Crippen LogP contribution in [0.15, 0.2) is 35.4 Å². The molecule has 1 aliphatic carbocycles. The molecule has 2 rings (SSSR count). The van der Waals surface area contributed by atoms with E-state index in [9.17, 15) is 10.1 Å².